The molecule has 1 saturated heterocycles. The van der Waals surface area contributed by atoms with E-state index < -0.39 is 17.6 Å². The van der Waals surface area contributed by atoms with Crippen LogP contribution in [0.2, 0.25) is 0 Å². The molecule has 1 aliphatic rings. The van der Waals surface area contributed by atoms with Crippen molar-refractivity contribution in [2.24, 2.45) is 0 Å². The minimum Gasteiger partial charge on any atom is -0.493 e. The monoisotopic (exact) mass is 452 g/mol. The molecule has 1 aliphatic heterocycles. The largest absolute Gasteiger partial charge is 0.493 e. The summed E-state index contributed by atoms with van der Waals surface area (Å²) in [5, 5.41) is 0. The van der Waals surface area contributed by atoms with Gasteiger partial charge in [0.1, 0.15) is 6.67 Å². The van der Waals surface area contributed by atoms with Gasteiger partial charge in [-0.15, -0.1) is 0 Å². The van der Waals surface area contributed by atoms with Gasteiger partial charge in [0, 0.05) is 24.2 Å². The summed E-state index contributed by atoms with van der Waals surface area (Å²) in [6, 6.07) is 7.25. The Morgan fingerprint density at radius 3 is 2.22 bits per heavy atom. The average molecular weight is 452 g/mol. The van der Waals surface area contributed by atoms with E-state index in [-0.39, 0.29) is 41.1 Å². The van der Waals surface area contributed by atoms with E-state index in [2.05, 4.69) is 0 Å². The highest BCUT2D eigenvalue weighted by atomic mass is 19.4. The van der Waals surface area contributed by atoms with Crippen molar-refractivity contribution < 1.29 is 37.0 Å². The molecule has 172 valence electrons. The Balaban J connectivity index is 2.07. The number of anilines is 1. The van der Waals surface area contributed by atoms with E-state index in [0.717, 1.165) is 17.0 Å². The number of methoxy groups -OCH3 is 3. The van der Waals surface area contributed by atoms with Gasteiger partial charge in [-0.05, 0) is 36.8 Å². The quantitative estimate of drug-likeness (QED) is 0.636. The lowest BCUT2D eigenvalue weighted by Crippen LogP contribution is -2.42. The molecule has 7 nitrogen and oxygen atoms in total. The Morgan fingerprint density at radius 1 is 1.06 bits per heavy atom. The van der Waals surface area contributed by atoms with Crippen LogP contribution in [0.4, 0.5) is 18.9 Å². The number of halogens is 3. The first kappa shape index (κ1) is 23.2. The smallest absolute Gasteiger partial charge is 0.416 e. The normalized spacial score (nSPS) is 13.8. The molecule has 0 aliphatic carbocycles. The molecule has 1 heterocycles. The summed E-state index contributed by atoms with van der Waals surface area (Å²) in [7, 11) is 4.19. The van der Waals surface area contributed by atoms with Gasteiger partial charge >= 0.3 is 6.18 Å². The van der Waals surface area contributed by atoms with E-state index in [1.807, 2.05) is 0 Å². The molecule has 0 bridgehead atoms. The van der Waals surface area contributed by atoms with Crippen molar-refractivity contribution in [2.45, 2.75) is 19.0 Å². The molecule has 0 atom stereocenters. The van der Waals surface area contributed by atoms with Crippen LogP contribution < -0.4 is 19.1 Å². The van der Waals surface area contributed by atoms with Crippen LogP contribution in [0.15, 0.2) is 36.4 Å². The molecule has 0 spiro atoms. The van der Waals surface area contributed by atoms with E-state index in [1.54, 1.807) is 0 Å². The van der Waals surface area contributed by atoms with Crippen molar-refractivity contribution in [3.8, 4) is 17.2 Å². The van der Waals surface area contributed by atoms with Crippen molar-refractivity contribution in [1.29, 1.82) is 0 Å². The highest BCUT2D eigenvalue weighted by Gasteiger charge is 2.33. The van der Waals surface area contributed by atoms with Crippen LogP contribution in [0.25, 0.3) is 0 Å². The predicted molar refractivity (Wildman–Crippen MR) is 110 cm³/mol. The highest BCUT2D eigenvalue weighted by molar-refractivity contribution is 6.07. The molecule has 2 amide bonds. The maximum absolute atomic E-state index is 13.5. The Hall–Kier alpha value is -3.43. The molecule has 1 fully saturated rings. The van der Waals surface area contributed by atoms with Gasteiger partial charge in [0.25, 0.3) is 5.91 Å². The first-order valence-corrected chi connectivity index (χ1v) is 9.76. The summed E-state index contributed by atoms with van der Waals surface area (Å²) in [6.07, 6.45) is -3.64. The second-order valence-electron chi connectivity index (χ2n) is 7.10. The van der Waals surface area contributed by atoms with Gasteiger partial charge < -0.3 is 19.1 Å². The van der Waals surface area contributed by atoms with Gasteiger partial charge in [-0.25, -0.2) is 0 Å². The number of ether oxygens (including phenoxy) is 3. The number of carbonyl (C=O) groups is 2. The van der Waals surface area contributed by atoms with Gasteiger partial charge in [0.05, 0.1) is 26.9 Å². The maximum Gasteiger partial charge on any atom is 0.416 e. The molecule has 0 saturated carbocycles. The second kappa shape index (κ2) is 9.37. The molecule has 0 aromatic heterocycles. The Kier molecular flexibility index (Phi) is 6.81. The molecule has 10 heteroatoms. The van der Waals surface area contributed by atoms with Gasteiger partial charge in [-0.1, -0.05) is 6.07 Å². The number of nitrogens with zero attached hydrogens (tertiary/aromatic N) is 2. The van der Waals surface area contributed by atoms with Crippen LogP contribution in [0.3, 0.4) is 0 Å². The van der Waals surface area contributed by atoms with Crippen LogP contribution in [-0.2, 0) is 11.0 Å². The zero-order chi connectivity index (χ0) is 23.5. The third kappa shape index (κ3) is 4.74. The maximum atomic E-state index is 13.5. The molecule has 0 N–H and O–H groups in total. The van der Waals surface area contributed by atoms with Crippen molar-refractivity contribution in [3.63, 3.8) is 0 Å². The van der Waals surface area contributed by atoms with Crippen LogP contribution in [0.1, 0.15) is 28.8 Å². The van der Waals surface area contributed by atoms with E-state index in [4.69, 9.17) is 14.2 Å². The number of hydrogen-bond acceptors (Lipinski definition) is 5. The number of alkyl halides is 3. The van der Waals surface area contributed by atoms with Crippen LogP contribution in [0, 0.1) is 0 Å². The van der Waals surface area contributed by atoms with Crippen LogP contribution in [-0.4, -0.2) is 51.3 Å². The van der Waals surface area contributed by atoms with Gasteiger partial charge in [-0.3, -0.25) is 14.5 Å². The number of likely N-dealkylation sites (tertiary alicyclic amines) is 1. The van der Waals surface area contributed by atoms with E-state index in [9.17, 15) is 22.8 Å². The van der Waals surface area contributed by atoms with Gasteiger partial charge in [0.15, 0.2) is 11.5 Å². The number of carbonyl (C=O) groups excluding carboxylic acids is 2. The first-order chi connectivity index (χ1) is 15.2. The predicted octanol–water partition coefficient (Wildman–Crippen LogP) is 3.96. The SMILES string of the molecule is COc1cc(C(=O)N(CN2CCCC2=O)c2cccc(C(F)(F)F)c2)cc(OC)c1OC. The fourth-order valence-electron chi connectivity index (χ4n) is 3.50. The number of benzene rings is 2. The lowest BCUT2D eigenvalue weighted by molar-refractivity contribution is -0.137. The summed E-state index contributed by atoms with van der Waals surface area (Å²) in [5.41, 5.74) is -0.785. The zero-order valence-electron chi connectivity index (χ0n) is 17.9. The van der Waals surface area contributed by atoms with Crippen molar-refractivity contribution in [3.05, 3.63) is 47.5 Å². The van der Waals surface area contributed by atoms with E-state index in [1.165, 1.54) is 50.5 Å². The average Bonchev–Trinajstić information content (AvgIpc) is 3.19. The molecule has 2 aromatic carbocycles. The third-order valence-corrected chi connectivity index (χ3v) is 5.13. The van der Waals surface area contributed by atoms with Gasteiger partial charge in [-0.2, -0.15) is 13.2 Å². The molecule has 3 rings (SSSR count). The summed E-state index contributed by atoms with van der Waals surface area (Å²) < 4.78 is 55.7. The fraction of sp³-hybridized carbons (Fsp3) is 0.364. The number of hydrogen-bond donors (Lipinski definition) is 0. The molecular weight excluding hydrogens is 429 g/mol. The lowest BCUT2D eigenvalue weighted by Gasteiger charge is -2.29. The summed E-state index contributed by atoms with van der Waals surface area (Å²) >= 11 is 0. The van der Waals surface area contributed by atoms with Crippen molar-refractivity contribution in [1.82, 2.24) is 4.90 Å². The third-order valence-electron chi connectivity index (χ3n) is 5.13. The summed E-state index contributed by atoms with van der Waals surface area (Å²) in [4.78, 5) is 28.2. The number of amides is 2. The molecule has 0 radical (unpaired) electrons. The van der Waals surface area contributed by atoms with Crippen LogP contribution in [0.5, 0.6) is 17.2 Å². The highest BCUT2D eigenvalue weighted by Crippen LogP contribution is 2.39. The van der Waals surface area contributed by atoms with Crippen LogP contribution >= 0.6 is 0 Å². The standard InChI is InChI=1S/C22H23F3N2O5/c1-30-17-10-14(11-18(31-2)20(17)32-3)21(29)27(13-26-9-5-8-19(26)28)16-7-4-6-15(12-16)22(23,24)25/h4,6-7,10-12H,5,8-9,13H2,1-3H3. The Bertz CT molecular complexity index is 984. The van der Waals surface area contributed by atoms with Gasteiger partial charge in [0.2, 0.25) is 11.7 Å². The molecule has 32 heavy (non-hydrogen) atoms. The number of rotatable bonds is 7. The Morgan fingerprint density at radius 2 is 1.72 bits per heavy atom. The molecule has 2 aromatic rings. The van der Waals surface area contributed by atoms with Crippen molar-refractivity contribution >= 4 is 17.5 Å². The second-order valence-corrected chi connectivity index (χ2v) is 7.10. The first-order valence-electron chi connectivity index (χ1n) is 9.76. The zero-order valence-corrected chi connectivity index (χ0v) is 17.9. The molecule has 0 unspecified atom stereocenters. The van der Waals surface area contributed by atoms with E-state index >= 15 is 0 Å². The van der Waals surface area contributed by atoms with Crippen molar-refractivity contribution in [2.75, 3.05) is 39.4 Å². The fourth-order valence-corrected chi connectivity index (χ4v) is 3.50. The summed E-state index contributed by atoms with van der Waals surface area (Å²) in [6.45, 7) is 0.229. The molecular formula is C22H23F3N2O5. The Labute approximate surface area is 183 Å². The topological polar surface area (TPSA) is 68.3 Å². The van der Waals surface area contributed by atoms with E-state index in [0.29, 0.717) is 19.4 Å². The lowest BCUT2D eigenvalue weighted by atomic mass is 10.1. The minimum atomic E-state index is -4.58. The minimum absolute atomic E-state index is 0.0123. The summed E-state index contributed by atoms with van der Waals surface area (Å²) in [5.74, 6) is -0.0808.